The van der Waals surface area contributed by atoms with E-state index < -0.39 is 0 Å². The third-order valence-electron chi connectivity index (χ3n) is 2.01. The number of ether oxygens (including phenoxy) is 1. The molecular formula is C7H11NOS. The van der Waals surface area contributed by atoms with Crippen LogP contribution in [-0.4, -0.2) is 18.0 Å². The maximum absolute atomic E-state index is 5.24. The minimum Gasteiger partial charge on any atom is -0.356 e. The molecule has 10 heavy (non-hydrogen) atoms. The van der Waals surface area contributed by atoms with Crippen LogP contribution in [0.3, 0.4) is 0 Å². The van der Waals surface area contributed by atoms with E-state index in [9.17, 15) is 0 Å². The topological polar surface area (TPSA) is 21.6 Å². The molecule has 0 unspecified atom stereocenters. The van der Waals surface area contributed by atoms with Crippen molar-refractivity contribution >= 4 is 17.4 Å². The van der Waals surface area contributed by atoms with Crippen molar-refractivity contribution in [1.82, 2.24) is 0 Å². The van der Waals surface area contributed by atoms with Gasteiger partial charge in [-0.15, -0.1) is 0 Å². The van der Waals surface area contributed by atoms with Gasteiger partial charge in [-0.3, -0.25) is 0 Å². The fraction of sp³-hybridized carbons (Fsp3) is 0.857. The van der Waals surface area contributed by atoms with Crippen molar-refractivity contribution in [2.45, 2.75) is 31.4 Å². The van der Waals surface area contributed by atoms with Gasteiger partial charge in [0.15, 0.2) is 5.72 Å². The Hall–Kier alpha value is -0.240. The van der Waals surface area contributed by atoms with E-state index in [2.05, 4.69) is 22.4 Å². The molecule has 0 aromatic rings. The summed E-state index contributed by atoms with van der Waals surface area (Å²) in [5, 5.41) is 2.38. The lowest BCUT2D eigenvalue weighted by Gasteiger charge is -2.19. The van der Waals surface area contributed by atoms with E-state index in [0.29, 0.717) is 0 Å². The summed E-state index contributed by atoms with van der Waals surface area (Å²) in [5.41, 5.74) is -0.304. The standard InChI is InChI=1S/C7H11NOS/c1-9-7(8-6-10)4-2-3-5-7/h2-5H2,1H3. The number of hydrogen-bond donors (Lipinski definition) is 0. The van der Waals surface area contributed by atoms with E-state index in [0.717, 1.165) is 12.8 Å². The zero-order chi connectivity index (χ0) is 7.45. The number of isothiocyanates is 1. The lowest BCUT2D eigenvalue weighted by molar-refractivity contribution is 0.00470. The number of rotatable bonds is 2. The molecule has 1 rings (SSSR count). The van der Waals surface area contributed by atoms with Crippen LogP contribution in [0.4, 0.5) is 0 Å². The highest BCUT2D eigenvalue weighted by Gasteiger charge is 2.32. The molecule has 0 radical (unpaired) electrons. The van der Waals surface area contributed by atoms with Gasteiger partial charge in [0.2, 0.25) is 0 Å². The van der Waals surface area contributed by atoms with E-state index in [-0.39, 0.29) is 5.72 Å². The van der Waals surface area contributed by atoms with Gasteiger partial charge in [-0.25, -0.2) is 0 Å². The SMILES string of the molecule is COC1(N=C=S)CCCC1. The van der Waals surface area contributed by atoms with Crippen molar-refractivity contribution in [1.29, 1.82) is 0 Å². The molecule has 0 amide bonds. The van der Waals surface area contributed by atoms with Crippen LogP contribution in [-0.2, 0) is 4.74 Å². The maximum Gasteiger partial charge on any atom is 0.168 e. The average molecular weight is 157 g/mol. The van der Waals surface area contributed by atoms with Gasteiger partial charge in [-0.05, 0) is 37.9 Å². The molecule has 0 saturated heterocycles. The number of thiocarbonyl (C=S) groups is 1. The third-order valence-corrected chi connectivity index (χ3v) is 2.11. The van der Waals surface area contributed by atoms with Crippen molar-refractivity contribution in [3.63, 3.8) is 0 Å². The quantitative estimate of drug-likeness (QED) is 0.451. The van der Waals surface area contributed by atoms with Gasteiger partial charge in [0.1, 0.15) is 0 Å². The minimum atomic E-state index is -0.304. The Bertz CT molecular complexity index is 157. The molecule has 1 aliphatic carbocycles. The van der Waals surface area contributed by atoms with Gasteiger partial charge < -0.3 is 4.74 Å². The molecule has 3 heteroatoms. The molecule has 0 heterocycles. The van der Waals surface area contributed by atoms with Crippen LogP contribution in [0.2, 0.25) is 0 Å². The highest BCUT2D eigenvalue weighted by molar-refractivity contribution is 7.78. The highest BCUT2D eigenvalue weighted by Crippen LogP contribution is 2.33. The first kappa shape index (κ1) is 7.86. The van der Waals surface area contributed by atoms with Crippen LogP contribution in [0, 0.1) is 0 Å². The Morgan fingerprint density at radius 3 is 2.50 bits per heavy atom. The first-order valence-corrected chi connectivity index (χ1v) is 3.88. The van der Waals surface area contributed by atoms with Crippen molar-refractivity contribution in [3.05, 3.63) is 0 Å². The molecule has 1 fully saturated rings. The zero-order valence-electron chi connectivity index (χ0n) is 6.09. The Labute approximate surface area is 66.3 Å². The van der Waals surface area contributed by atoms with Crippen molar-refractivity contribution < 1.29 is 4.74 Å². The molecule has 56 valence electrons. The van der Waals surface area contributed by atoms with Crippen molar-refractivity contribution in [3.8, 4) is 0 Å². The molecule has 1 aliphatic rings. The predicted molar refractivity (Wildman–Crippen MR) is 43.2 cm³/mol. The summed E-state index contributed by atoms with van der Waals surface area (Å²) >= 11 is 4.53. The lowest BCUT2D eigenvalue weighted by Crippen LogP contribution is -2.23. The lowest BCUT2D eigenvalue weighted by atomic mass is 10.2. The number of nitrogens with zero attached hydrogens (tertiary/aromatic N) is 1. The largest absolute Gasteiger partial charge is 0.356 e. The fourth-order valence-corrected chi connectivity index (χ4v) is 1.54. The normalized spacial score (nSPS) is 22.1. The van der Waals surface area contributed by atoms with Gasteiger partial charge in [0.05, 0.1) is 5.16 Å². The first-order chi connectivity index (χ1) is 4.83. The molecule has 0 aromatic heterocycles. The van der Waals surface area contributed by atoms with Gasteiger partial charge in [-0.2, -0.15) is 4.99 Å². The molecule has 0 N–H and O–H groups in total. The zero-order valence-corrected chi connectivity index (χ0v) is 6.91. The second-order valence-electron chi connectivity index (χ2n) is 2.56. The van der Waals surface area contributed by atoms with Crippen LogP contribution in [0.25, 0.3) is 0 Å². The van der Waals surface area contributed by atoms with Crippen LogP contribution in [0.5, 0.6) is 0 Å². The van der Waals surface area contributed by atoms with E-state index in [1.165, 1.54) is 12.8 Å². The fourth-order valence-electron chi connectivity index (χ4n) is 1.37. The van der Waals surface area contributed by atoms with Gasteiger partial charge in [0, 0.05) is 7.11 Å². The summed E-state index contributed by atoms with van der Waals surface area (Å²) in [7, 11) is 1.68. The molecule has 1 saturated carbocycles. The second kappa shape index (κ2) is 3.24. The van der Waals surface area contributed by atoms with Crippen molar-refractivity contribution in [2.24, 2.45) is 4.99 Å². The summed E-state index contributed by atoms with van der Waals surface area (Å²) in [6.45, 7) is 0. The minimum absolute atomic E-state index is 0.304. The number of aliphatic imine (C=N–C) groups is 1. The van der Waals surface area contributed by atoms with Gasteiger partial charge in [0.25, 0.3) is 0 Å². The summed E-state index contributed by atoms with van der Waals surface area (Å²) in [4.78, 5) is 4.02. The molecule has 0 aromatic carbocycles. The average Bonchev–Trinajstić information content (AvgIpc) is 2.39. The van der Waals surface area contributed by atoms with Crippen LogP contribution < -0.4 is 0 Å². The first-order valence-electron chi connectivity index (χ1n) is 3.47. The van der Waals surface area contributed by atoms with Crippen molar-refractivity contribution in [2.75, 3.05) is 7.11 Å². The van der Waals surface area contributed by atoms with Crippen LogP contribution >= 0.6 is 12.2 Å². The van der Waals surface area contributed by atoms with E-state index >= 15 is 0 Å². The van der Waals surface area contributed by atoms with Gasteiger partial charge >= 0.3 is 0 Å². The van der Waals surface area contributed by atoms with E-state index in [4.69, 9.17) is 4.74 Å². The smallest absolute Gasteiger partial charge is 0.168 e. The highest BCUT2D eigenvalue weighted by atomic mass is 32.1. The molecule has 0 spiro atoms. The Balaban J connectivity index is 2.66. The van der Waals surface area contributed by atoms with Gasteiger partial charge in [-0.1, -0.05) is 0 Å². The van der Waals surface area contributed by atoms with E-state index in [1.807, 2.05) is 0 Å². The Morgan fingerprint density at radius 2 is 2.10 bits per heavy atom. The molecule has 0 bridgehead atoms. The third kappa shape index (κ3) is 1.43. The van der Waals surface area contributed by atoms with Crippen LogP contribution in [0.1, 0.15) is 25.7 Å². The number of methoxy groups -OCH3 is 1. The summed E-state index contributed by atoms with van der Waals surface area (Å²) in [6, 6.07) is 0. The molecule has 0 aliphatic heterocycles. The Kier molecular flexibility index (Phi) is 2.55. The summed E-state index contributed by atoms with van der Waals surface area (Å²) < 4.78 is 5.24. The van der Waals surface area contributed by atoms with E-state index in [1.54, 1.807) is 7.11 Å². The Morgan fingerprint density at radius 1 is 1.50 bits per heavy atom. The maximum atomic E-state index is 5.24. The predicted octanol–water partition coefficient (Wildman–Crippen LogP) is 2.01. The van der Waals surface area contributed by atoms with Crippen LogP contribution in [0.15, 0.2) is 4.99 Å². The second-order valence-corrected chi connectivity index (χ2v) is 2.74. The monoisotopic (exact) mass is 157 g/mol. The molecule has 0 atom stereocenters. The summed E-state index contributed by atoms with van der Waals surface area (Å²) in [5.74, 6) is 0. The summed E-state index contributed by atoms with van der Waals surface area (Å²) in [6.07, 6.45) is 4.36. The molecular weight excluding hydrogens is 146 g/mol. The molecule has 2 nitrogen and oxygen atoms in total. The number of hydrogen-bond acceptors (Lipinski definition) is 3.